The number of hydrogen-bond acceptors (Lipinski definition) is 5. The molecule has 1 atom stereocenters. The molecule has 1 aliphatic carbocycles. The Morgan fingerprint density at radius 1 is 1.04 bits per heavy atom. The van der Waals surface area contributed by atoms with Crippen LogP contribution in [0.3, 0.4) is 0 Å². The number of aliphatic imine (C=N–C) groups is 1. The van der Waals surface area contributed by atoms with Crippen LogP contribution in [0.4, 0.5) is 11.4 Å². The fourth-order valence-corrected chi connectivity index (χ4v) is 3.19. The van der Waals surface area contributed by atoms with E-state index in [4.69, 9.17) is 15.2 Å². The molecule has 2 aromatic rings. The Balaban J connectivity index is 1.88. The number of para-hydroxylation sites is 2. The molecule has 1 fully saturated rings. The third-order valence-corrected chi connectivity index (χ3v) is 4.45. The number of hydrogen-bond donors (Lipinski definition) is 1. The number of ketones is 1. The number of anilines is 1. The number of nitrogens with two attached hydrogens (primary N) is 1. The molecular weight excluding hydrogens is 316 g/mol. The van der Waals surface area contributed by atoms with E-state index < -0.39 is 0 Å². The standard InChI is InChI=1S/C20H22N2O3/c1-24-19-8-7-13(11-20(19)25-2)14-9-15(12-16(23)10-14)22-18-6-4-3-5-17(18)21/h3-8,11,14H,9-10,12,21H2,1-2H3/t14-/m0/s1. The molecule has 0 aromatic heterocycles. The topological polar surface area (TPSA) is 73.9 Å². The van der Waals surface area contributed by atoms with Crippen molar-refractivity contribution in [3.63, 3.8) is 0 Å². The van der Waals surface area contributed by atoms with Gasteiger partial charge in [-0.2, -0.15) is 0 Å². The number of methoxy groups -OCH3 is 2. The third kappa shape index (κ3) is 3.82. The molecule has 3 rings (SSSR count). The molecule has 0 heterocycles. The largest absolute Gasteiger partial charge is 0.493 e. The van der Waals surface area contributed by atoms with Gasteiger partial charge in [-0.15, -0.1) is 0 Å². The van der Waals surface area contributed by atoms with Gasteiger partial charge in [-0.05, 0) is 42.2 Å². The Labute approximate surface area is 147 Å². The molecule has 0 radical (unpaired) electrons. The quantitative estimate of drug-likeness (QED) is 0.858. The smallest absolute Gasteiger partial charge is 0.160 e. The van der Waals surface area contributed by atoms with Crippen molar-refractivity contribution < 1.29 is 14.3 Å². The van der Waals surface area contributed by atoms with Gasteiger partial charge in [-0.25, -0.2) is 0 Å². The van der Waals surface area contributed by atoms with Crippen molar-refractivity contribution in [3.05, 3.63) is 48.0 Å². The summed E-state index contributed by atoms with van der Waals surface area (Å²) >= 11 is 0. The molecule has 1 aliphatic rings. The molecule has 25 heavy (non-hydrogen) atoms. The predicted octanol–water partition coefficient (Wildman–Crippen LogP) is 3.90. The number of ether oxygens (including phenoxy) is 2. The zero-order valence-corrected chi connectivity index (χ0v) is 14.5. The van der Waals surface area contributed by atoms with Crippen molar-refractivity contribution in [2.45, 2.75) is 25.2 Å². The average Bonchev–Trinajstić information content (AvgIpc) is 2.62. The Morgan fingerprint density at radius 2 is 1.80 bits per heavy atom. The predicted molar refractivity (Wildman–Crippen MR) is 99.1 cm³/mol. The second kappa shape index (κ2) is 7.38. The Morgan fingerprint density at radius 3 is 2.52 bits per heavy atom. The van der Waals surface area contributed by atoms with E-state index in [1.807, 2.05) is 42.5 Å². The summed E-state index contributed by atoms with van der Waals surface area (Å²) in [6.45, 7) is 0. The van der Waals surface area contributed by atoms with Gasteiger partial charge in [0.2, 0.25) is 0 Å². The van der Waals surface area contributed by atoms with Crippen LogP contribution in [-0.4, -0.2) is 25.7 Å². The van der Waals surface area contributed by atoms with E-state index in [1.54, 1.807) is 14.2 Å². The van der Waals surface area contributed by atoms with Gasteiger partial charge in [0.25, 0.3) is 0 Å². The Bertz CT molecular complexity index is 814. The lowest BCUT2D eigenvalue weighted by Crippen LogP contribution is -2.21. The van der Waals surface area contributed by atoms with Crippen LogP contribution in [0.2, 0.25) is 0 Å². The van der Waals surface area contributed by atoms with Crippen molar-refractivity contribution in [2.24, 2.45) is 4.99 Å². The molecule has 0 bridgehead atoms. The van der Waals surface area contributed by atoms with Crippen LogP contribution in [0.15, 0.2) is 47.5 Å². The summed E-state index contributed by atoms with van der Waals surface area (Å²) in [4.78, 5) is 16.9. The fraction of sp³-hybridized carbons (Fsp3) is 0.300. The Hall–Kier alpha value is -2.82. The van der Waals surface area contributed by atoms with E-state index >= 15 is 0 Å². The summed E-state index contributed by atoms with van der Waals surface area (Å²) in [5.74, 6) is 1.63. The van der Waals surface area contributed by atoms with Gasteiger partial charge in [0.1, 0.15) is 5.78 Å². The van der Waals surface area contributed by atoms with E-state index in [0.717, 1.165) is 23.4 Å². The zero-order valence-electron chi connectivity index (χ0n) is 14.5. The monoisotopic (exact) mass is 338 g/mol. The SMILES string of the molecule is COc1ccc([C@@H]2CC(=O)CC(=Nc3ccccc3N)C2)cc1OC. The minimum Gasteiger partial charge on any atom is -0.493 e. The summed E-state index contributed by atoms with van der Waals surface area (Å²) in [5, 5.41) is 0. The number of nitrogen functional groups attached to an aromatic ring is 1. The number of Topliss-reactive ketones (excluding diaryl/α,β-unsaturated/α-hetero) is 1. The number of nitrogens with zero attached hydrogens (tertiary/aromatic N) is 1. The highest BCUT2D eigenvalue weighted by atomic mass is 16.5. The highest BCUT2D eigenvalue weighted by Gasteiger charge is 2.26. The molecule has 0 spiro atoms. The lowest BCUT2D eigenvalue weighted by molar-refractivity contribution is -0.118. The normalized spacial score (nSPS) is 19.0. The highest BCUT2D eigenvalue weighted by molar-refractivity contribution is 6.06. The minimum atomic E-state index is 0.0877. The van der Waals surface area contributed by atoms with Gasteiger partial charge in [-0.1, -0.05) is 18.2 Å². The molecule has 1 saturated carbocycles. The maximum atomic E-state index is 12.2. The summed E-state index contributed by atoms with van der Waals surface area (Å²) < 4.78 is 10.7. The van der Waals surface area contributed by atoms with Crippen molar-refractivity contribution in [1.29, 1.82) is 0 Å². The molecule has 2 N–H and O–H groups in total. The maximum Gasteiger partial charge on any atom is 0.160 e. The van der Waals surface area contributed by atoms with Crippen LogP contribution in [0, 0.1) is 0 Å². The van der Waals surface area contributed by atoms with Crippen LogP contribution >= 0.6 is 0 Å². The zero-order chi connectivity index (χ0) is 17.8. The van der Waals surface area contributed by atoms with Crippen LogP contribution in [0.1, 0.15) is 30.7 Å². The van der Waals surface area contributed by atoms with Crippen molar-refractivity contribution in [3.8, 4) is 11.5 Å². The van der Waals surface area contributed by atoms with Gasteiger partial charge < -0.3 is 15.2 Å². The number of benzene rings is 2. The number of carbonyl (C=O) groups is 1. The molecule has 0 unspecified atom stereocenters. The van der Waals surface area contributed by atoms with E-state index in [9.17, 15) is 4.79 Å². The molecule has 0 aliphatic heterocycles. The molecule has 130 valence electrons. The Kier molecular flexibility index (Phi) is 5.03. The van der Waals surface area contributed by atoms with Crippen molar-refractivity contribution in [2.75, 3.05) is 20.0 Å². The first-order valence-electron chi connectivity index (χ1n) is 8.25. The van der Waals surface area contributed by atoms with Gasteiger partial charge in [0.15, 0.2) is 11.5 Å². The molecule has 0 saturated heterocycles. The summed E-state index contributed by atoms with van der Waals surface area (Å²) in [5.41, 5.74) is 9.23. The molecule has 5 nitrogen and oxygen atoms in total. The van der Waals surface area contributed by atoms with E-state index in [2.05, 4.69) is 4.99 Å². The molecule has 5 heteroatoms. The van der Waals surface area contributed by atoms with Crippen LogP contribution in [0.25, 0.3) is 0 Å². The second-order valence-electron chi connectivity index (χ2n) is 6.17. The van der Waals surface area contributed by atoms with Crippen LogP contribution in [0.5, 0.6) is 11.5 Å². The van der Waals surface area contributed by atoms with E-state index in [-0.39, 0.29) is 11.7 Å². The second-order valence-corrected chi connectivity index (χ2v) is 6.17. The van der Waals surface area contributed by atoms with Crippen LogP contribution < -0.4 is 15.2 Å². The lowest BCUT2D eigenvalue weighted by atomic mass is 9.82. The van der Waals surface area contributed by atoms with Gasteiger partial charge >= 0.3 is 0 Å². The average molecular weight is 338 g/mol. The van der Waals surface area contributed by atoms with Gasteiger partial charge in [0.05, 0.1) is 25.6 Å². The first-order valence-corrected chi connectivity index (χ1v) is 8.25. The first-order chi connectivity index (χ1) is 12.1. The molecular formula is C20H22N2O3. The molecule has 0 amide bonds. The van der Waals surface area contributed by atoms with Gasteiger partial charge in [-0.3, -0.25) is 9.79 Å². The summed E-state index contributed by atoms with van der Waals surface area (Å²) in [6, 6.07) is 13.3. The highest BCUT2D eigenvalue weighted by Crippen LogP contribution is 2.36. The summed E-state index contributed by atoms with van der Waals surface area (Å²) in [6.07, 6.45) is 1.63. The van der Waals surface area contributed by atoms with Crippen molar-refractivity contribution in [1.82, 2.24) is 0 Å². The first kappa shape index (κ1) is 17.0. The minimum absolute atomic E-state index is 0.0877. The van der Waals surface area contributed by atoms with Crippen molar-refractivity contribution >= 4 is 22.9 Å². The van der Waals surface area contributed by atoms with Crippen LogP contribution in [-0.2, 0) is 4.79 Å². The molecule has 2 aromatic carbocycles. The van der Waals surface area contributed by atoms with E-state index in [0.29, 0.717) is 30.0 Å². The van der Waals surface area contributed by atoms with E-state index in [1.165, 1.54) is 0 Å². The fourth-order valence-electron chi connectivity index (χ4n) is 3.19. The summed E-state index contributed by atoms with van der Waals surface area (Å²) in [7, 11) is 3.22. The number of carbonyl (C=O) groups excluding carboxylic acids is 1. The van der Waals surface area contributed by atoms with Gasteiger partial charge in [0, 0.05) is 18.6 Å². The number of rotatable bonds is 4. The maximum absolute atomic E-state index is 12.2. The lowest BCUT2D eigenvalue weighted by Gasteiger charge is -2.24. The third-order valence-electron chi connectivity index (χ3n) is 4.45.